The lowest BCUT2D eigenvalue weighted by Gasteiger charge is -2.01. The predicted molar refractivity (Wildman–Crippen MR) is 57.3 cm³/mol. The van der Waals surface area contributed by atoms with E-state index < -0.39 is 6.01 Å². The summed E-state index contributed by atoms with van der Waals surface area (Å²) in [6.45, 7) is 0. The fourth-order valence-corrected chi connectivity index (χ4v) is 1.69. The topological polar surface area (TPSA) is 70.5 Å². The number of nitrogens with zero attached hydrogens (tertiary/aromatic N) is 5. The van der Waals surface area contributed by atoms with Crippen molar-refractivity contribution >= 4 is 11.2 Å². The fourth-order valence-electron chi connectivity index (χ4n) is 1.69. The van der Waals surface area contributed by atoms with Crippen LogP contribution in [-0.2, 0) is 7.05 Å². The van der Waals surface area contributed by atoms with Crippen LogP contribution in [0.5, 0.6) is 6.01 Å². The molecule has 17 heavy (non-hydrogen) atoms. The highest BCUT2D eigenvalue weighted by atomic mass is 16.3. The summed E-state index contributed by atoms with van der Waals surface area (Å²) < 4.78 is 3.45. The van der Waals surface area contributed by atoms with E-state index in [1.807, 2.05) is 30.6 Å². The monoisotopic (exact) mass is 227 g/mol. The highest BCUT2D eigenvalue weighted by molar-refractivity contribution is 5.76. The van der Waals surface area contributed by atoms with E-state index in [2.05, 4.69) is 15.0 Å². The number of pyridine rings is 1. The second-order valence-electron chi connectivity index (χ2n) is 3.64. The first-order valence-electron chi connectivity index (χ1n) is 5.08. The molecule has 0 aliphatic rings. The Kier molecular flexibility index (Phi) is 2.01. The van der Waals surface area contributed by atoms with Gasteiger partial charge in [0, 0.05) is 7.05 Å². The molecule has 0 bridgehead atoms. The molecule has 3 aromatic heterocycles. The summed E-state index contributed by atoms with van der Waals surface area (Å²) >= 11 is 0. The van der Waals surface area contributed by atoms with Crippen molar-refractivity contribution in [1.82, 2.24) is 19.5 Å². The molecule has 0 aliphatic carbocycles. The number of rotatable bonds is 1. The molecule has 0 fully saturated rings. The van der Waals surface area contributed by atoms with Gasteiger partial charge in [-0.05, 0) is 17.1 Å². The van der Waals surface area contributed by atoms with Gasteiger partial charge in [-0.3, -0.25) is 0 Å². The van der Waals surface area contributed by atoms with Gasteiger partial charge in [0.15, 0.2) is 5.65 Å². The molecule has 6 nitrogen and oxygen atoms in total. The Morgan fingerprint density at radius 2 is 1.94 bits per heavy atom. The van der Waals surface area contributed by atoms with Crippen LogP contribution in [-0.4, -0.2) is 19.5 Å². The van der Waals surface area contributed by atoms with E-state index in [-0.39, 0.29) is 0 Å². The minimum Gasteiger partial charge on any atom is -0.824 e. The van der Waals surface area contributed by atoms with Gasteiger partial charge in [0.2, 0.25) is 11.5 Å². The van der Waals surface area contributed by atoms with Crippen molar-refractivity contribution in [2.45, 2.75) is 0 Å². The SMILES string of the molecule is Cn1cnc2c(-[n+]3ccccc3)nc([O-])nc21. The van der Waals surface area contributed by atoms with Gasteiger partial charge in [-0.25, -0.2) is 9.55 Å². The molecule has 0 aromatic carbocycles. The van der Waals surface area contributed by atoms with Crippen LogP contribution in [0.4, 0.5) is 0 Å². The molecule has 0 spiro atoms. The summed E-state index contributed by atoms with van der Waals surface area (Å²) in [5.41, 5.74) is 1.15. The zero-order valence-corrected chi connectivity index (χ0v) is 9.11. The summed E-state index contributed by atoms with van der Waals surface area (Å²) in [5.74, 6) is 0.501. The largest absolute Gasteiger partial charge is 0.824 e. The molecule has 0 saturated heterocycles. The second kappa shape index (κ2) is 3.51. The van der Waals surface area contributed by atoms with Crippen molar-refractivity contribution in [3.05, 3.63) is 36.9 Å². The number of aromatic nitrogens is 5. The predicted octanol–water partition coefficient (Wildman–Crippen LogP) is -0.286. The van der Waals surface area contributed by atoms with E-state index >= 15 is 0 Å². The Balaban J connectivity index is 2.36. The van der Waals surface area contributed by atoms with Crippen LogP contribution in [0, 0.1) is 0 Å². The summed E-state index contributed by atoms with van der Waals surface area (Å²) in [7, 11) is 1.79. The zero-order valence-electron chi connectivity index (χ0n) is 9.11. The third-order valence-corrected chi connectivity index (χ3v) is 2.48. The number of aryl methyl sites for hydroxylation is 1. The summed E-state index contributed by atoms with van der Waals surface area (Å²) in [6.07, 6.45) is 5.25. The van der Waals surface area contributed by atoms with Crippen LogP contribution in [0.1, 0.15) is 0 Å². The van der Waals surface area contributed by atoms with Crippen molar-refractivity contribution < 1.29 is 9.67 Å². The zero-order chi connectivity index (χ0) is 11.8. The normalized spacial score (nSPS) is 10.9. The first-order valence-corrected chi connectivity index (χ1v) is 5.08. The fraction of sp³-hybridized carbons (Fsp3) is 0.0909. The molecule has 3 aromatic rings. The lowest BCUT2D eigenvalue weighted by atomic mass is 10.4. The van der Waals surface area contributed by atoms with Crippen LogP contribution in [0.15, 0.2) is 36.9 Å². The number of imidazole rings is 1. The molecule has 3 heterocycles. The molecule has 0 radical (unpaired) electrons. The molecule has 0 atom stereocenters. The average Bonchev–Trinajstić information content (AvgIpc) is 2.72. The van der Waals surface area contributed by atoms with Crippen LogP contribution in [0.25, 0.3) is 17.0 Å². The van der Waals surface area contributed by atoms with Crippen LogP contribution in [0.2, 0.25) is 0 Å². The Morgan fingerprint density at radius 3 is 2.71 bits per heavy atom. The average molecular weight is 227 g/mol. The molecule has 0 unspecified atom stereocenters. The smallest absolute Gasteiger partial charge is 0.358 e. The molecule has 0 aliphatic heterocycles. The van der Waals surface area contributed by atoms with Crippen LogP contribution >= 0.6 is 0 Å². The maximum absolute atomic E-state index is 11.5. The molecule has 0 saturated carbocycles. The first kappa shape index (κ1) is 9.71. The summed E-state index contributed by atoms with van der Waals surface area (Å²) in [4.78, 5) is 12.0. The Labute approximate surface area is 96.8 Å². The van der Waals surface area contributed by atoms with Crippen molar-refractivity contribution in [3.8, 4) is 11.8 Å². The van der Waals surface area contributed by atoms with E-state index in [4.69, 9.17) is 0 Å². The lowest BCUT2D eigenvalue weighted by molar-refractivity contribution is -0.598. The molecule has 84 valence electrons. The maximum atomic E-state index is 11.5. The van der Waals surface area contributed by atoms with Crippen molar-refractivity contribution in [3.63, 3.8) is 0 Å². The minimum absolute atomic E-state index is 0.501. The van der Waals surface area contributed by atoms with Gasteiger partial charge >= 0.3 is 5.82 Å². The van der Waals surface area contributed by atoms with Gasteiger partial charge in [-0.15, -0.1) is 0 Å². The van der Waals surface area contributed by atoms with E-state index in [0.29, 0.717) is 17.0 Å². The standard InChI is InChI=1S/C11H9N5O/c1-15-7-12-8-9(15)13-11(17)14-10(8)16-5-3-2-4-6-16/h2-7H,1H3. The summed E-state index contributed by atoms with van der Waals surface area (Å²) in [6, 6.07) is 5.11. The molecule has 6 heteroatoms. The highest BCUT2D eigenvalue weighted by Crippen LogP contribution is 2.14. The highest BCUT2D eigenvalue weighted by Gasteiger charge is 2.17. The number of fused-ring (bicyclic) bond motifs is 1. The van der Waals surface area contributed by atoms with Gasteiger partial charge in [0.1, 0.15) is 0 Å². The van der Waals surface area contributed by atoms with Crippen molar-refractivity contribution in [2.24, 2.45) is 7.05 Å². The number of hydrogen-bond donors (Lipinski definition) is 0. The number of hydrogen-bond acceptors (Lipinski definition) is 4. The molecule has 3 rings (SSSR count). The molecular formula is C11H9N5O. The van der Waals surface area contributed by atoms with Crippen molar-refractivity contribution in [1.29, 1.82) is 0 Å². The van der Waals surface area contributed by atoms with E-state index in [1.165, 1.54) is 0 Å². The summed E-state index contributed by atoms with van der Waals surface area (Å²) in [5, 5.41) is 11.5. The third-order valence-electron chi connectivity index (χ3n) is 2.48. The molecule has 0 amide bonds. The Bertz CT molecular complexity index is 677. The third kappa shape index (κ3) is 1.50. The van der Waals surface area contributed by atoms with Crippen LogP contribution in [0.3, 0.4) is 0 Å². The Hall–Kier alpha value is -2.50. The van der Waals surface area contributed by atoms with Gasteiger partial charge in [0.25, 0.3) is 0 Å². The first-order chi connectivity index (χ1) is 8.25. The van der Waals surface area contributed by atoms with Gasteiger partial charge in [0.05, 0.1) is 18.7 Å². The van der Waals surface area contributed by atoms with E-state index in [9.17, 15) is 5.11 Å². The second-order valence-corrected chi connectivity index (χ2v) is 3.64. The maximum Gasteiger partial charge on any atom is 0.358 e. The lowest BCUT2D eigenvalue weighted by Crippen LogP contribution is -2.31. The van der Waals surface area contributed by atoms with Gasteiger partial charge < -0.3 is 9.67 Å². The molecular weight excluding hydrogens is 218 g/mol. The molecule has 0 N–H and O–H groups in total. The van der Waals surface area contributed by atoms with E-state index in [0.717, 1.165) is 0 Å². The quantitative estimate of drug-likeness (QED) is 0.536. The Morgan fingerprint density at radius 1 is 1.18 bits per heavy atom. The van der Waals surface area contributed by atoms with Gasteiger partial charge in [-0.2, -0.15) is 4.98 Å². The van der Waals surface area contributed by atoms with E-state index in [1.54, 1.807) is 22.5 Å². The van der Waals surface area contributed by atoms with Crippen molar-refractivity contribution in [2.75, 3.05) is 0 Å². The van der Waals surface area contributed by atoms with Gasteiger partial charge in [-0.1, -0.05) is 6.07 Å². The minimum atomic E-state index is -0.507. The van der Waals surface area contributed by atoms with Crippen LogP contribution < -0.4 is 9.67 Å².